The topological polar surface area (TPSA) is 71.1 Å². The molecule has 0 unspecified atom stereocenters. The summed E-state index contributed by atoms with van der Waals surface area (Å²) in [5.74, 6) is -0.468. The molecular formula is C16H14FN3O2. The van der Waals surface area contributed by atoms with Gasteiger partial charge in [-0.05, 0) is 43.2 Å². The second-order valence-electron chi connectivity index (χ2n) is 5.16. The standard InChI is InChI=1S/C16H14FN3O2/c17-12-3-1-2-11(8-12)16(22)20-14-7-6-13(9-18-14)19-15(21)10-4-5-10/h1-3,6-10H,4-5H2,(H,19,21)(H,18,20,22). The van der Waals surface area contributed by atoms with Crippen LogP contribution >= 0.6 is 0 Å². The van der Waals surface area contributed by atoms with Crippen molar-refractivity contribution in [3.8, 4) is 0 Å². The van der Waals surface area contributed by atoms with E-state index in [4.69, 9.17) is 0 Å². The first-order chi connectivity index (χ1) is 10.6. The fourth-order valence-corrected chi connectivity index (χ4v) is 1.95. The molecule has 2 N–H and O–H groups in total. The van der Waals surface area contributed by atoms with Gasteiger partial charge in [0.15, 0.2) is 0 Å². The minimum atomic E-state index is -0.473. The highest BCUT2D eigenvalue weighted by Crippen LogP contribution is 2.30. The van der Waals surface area contributed by atoms with Crippen LogP contribution in [0.2, 0.25) is 0 Å². The minimum absolute atomic E-state index is 0.00153. The predicted molar refractivity (Wildman–Crippen MR) is 79.9 cm³/mol. The summed E-state index contributed by atoms with van der Waals surface area (Å²) in [6.45, 7) is 0. The third-order valence-corrected chi connectivity index (χ3v) is 3.31. The largest absolute Gasteiger partial charge is 0.324 e. The van der Waals surface area contributed by atoms with Crippen LogP contribution in [-0.2, 0) is 4.79 Å². The number of amides is 2. The van der Waals surface area contributed by atoms with Gasteiger partial charge in [-0.2, -0.15) is 0 Å². The van der Waals surface area contributed by atoms with Gasteiger partial charge in [0.25, 0.3) is 5.91 Å². The zero-order valence-corrected chi connectivity index (χ0v) is 11.7. The first kappa shape index (κ1) is 14.2. The number of benzene rings is 1. The second kappa shape index (κ2) is 5.93. The summed E-state index contributed by atoms with van der Waals surface area (Å²) < 4.78 is 13.1. The summed E-state index contributed by atoms with van der Waals surface area (Å²) in [6, 6.07) is 8.65. The van der Waals surface area contributed by atoms with Gasteiger partial charge in [0.1, 0.15) is 11.6 Å². The first-order valence-electron chi connectivity index (χ1n) is 6.95. The Kier molecular flexibility index (Phi) is 3.82. The SMILES string of the molecule is O=C(Nc1ccc(NC(=O)C2CC2)cn1)c1cccc(F)c1. The van der Waals surface area contributed by atoms with Crippen molar-refractivity contribution in [3.05, 3.63) is 54.0 Å². The Morgan fingerprint density at radius 3 is 2.59 bits per heavy atom. The van der Waals surface area contributed by atoms with Gasteiger partial charge in [-0.25, -0.2) is 9.37 Å². The molecule has 0 spiro atoms. The molecule has 2 amide bonds. The molecule has 112 valence electrons. The molecule has 0 radical (unpaired) electrons. The van der Waals surface area contributed by atoms with E-state index >= 15 is 0 Å². The van der Waals surface area contributed by atoms with Crippen molar-refractivity contribution in [3.63, 3.8) is 0 Å². The van der Waals surface area contributed by atoms with Crippen LogP contribution in [0.3, 0.4) is 0 Å². The molecule has 1 fully saturated rings. The highest BCUT2D eigenvalue weighted by molar-refractivity contribution is 6.03. The van der Waals surface area contributed by atoms with Crippen LogP contribution in [0, 0.1) is 11.7 Å². The minimum Gasteiger partial charge on any atom is -0.324 e. The molecule has 1 heterocycles. The number of rotatable bonds is 4. The molecular weight excluding hydrogens is 285 g/mol. The van der Waals surface area contributed by atoms with Gasteiger partial charge < -0.3 is 10.6 Å². The second-order valence-corrected chi connectivity index (χ2v) is 5.16. The molecule has 1 aliphatic rings. The Balaban J connectivity index is 1.63. The maximum Gasteiger partial charge on any atom is 0.256 e. The normalized spacial score (nSPS) is 13.5. The number of nitrogens with one attached hydrogen (secondary N) is 2. The van der Waals surface area contributed by atoms with Crippen molar-refractivity contribution in [2.45, 2.75) is 12.8 Å². The highest BCUT2D eigenvalue weighted by atomic mass is 19.1. The van der Waals surface area contributed by atoms with Crippen LogP contribution in [0.4, 0.5) is 15.9 Å². The first-order valence-corrected chi connectivity index (χ1v) is 6.95. The number of pyridine rings is 1. The zero-order chi connectivity index (χ0) is 15.5. The highest BCUT2D eigenvalue weighted by Gasteiger charge is 2.29. The van der Waals surface area contributed by atoms with E-state index in [1.165, 1.54) is 24.4 Å². The molecule has 22 heavy (non-hydrogen) atoms. The van der Waals surface area contributed by atoms with Crippen LogP contribution in [0.25, 0.3) is 0 Å². The van der Waals surface area contributed by atoms with Gasteiger partial charge >= 0.3 is 0 Å². The van der Waals surface area contributed by atoms with E-state index < -0.39 is 11.7 Å². The van der Waals surface area contributed by atoms with Crippen LogP contribution < -0.4 is 10.6 Å². The van der Waals surface area contributed by atoms with Crippen LogP contribution in [0.15, 0.2) is 42.6 Å². The van der Waals surface area contributed by atoms with Gasteiger partial charge in [0.2, 0.25) is 5.91 Å². The quantitative estimate of drug-likeness (QED) is 0.912. The molecule has 1 aliphatic carbocycles. The lowest BCUT2D eigenvalue weighted by Gasteiger charge is -2.07. The molecule has 1 saturated carbocycles. The summed E-state index contributed by atoms with van der Waals surface area (Å²) in [6.07, 6.45) is 3.34. The van der Waals surface area contributed by atoms with Crippen molar-refractivity contribution in [1.29, 1.82) is 0 Å². The molecule has 1 aromatic heterocycles. The van der Waals surface area contributed by atoms with E-state index in [2.05, 4.69) is 15.6 Å². The third-order valence-electron chi connectivity index (χ3n) is 3.31. The van der Waals surface area contributed by atoms with Crippen molar-refractivity contribution >= 4 is 23.3 Å². The number of halogens is 1. The number of anilines is 2. The van der Waals surface area contributed by atoms with E-state index in [0.29, 0.717) is 11.5 Å². The summed E-state index contributed by atoms with van der Waals surface area (Å²) >= 11 is 0. The molecule has 1 aromatic carbocycles. The van der Waals surface area contributed by atoms with E-state index in [1.807, 2.05) is 0 Å². The molecule has 2 aromatic rings. The molecule has 5 nitrogen and oxygen atoms in total. The van der Waals surface area contributed by atoms with Gasteiger partial charge in [-0.15, -0.1) is 0 Å². The van der Waals surface area contributed by atoms with Gasteiger partial charge in [0.05, 0.1) is 11.9 Å². The average Bonchev–Trinajstić information content (AvgIpc) is 3.34. The Morgan fingerprint density at radius 2 is 1.95 bits per heavy atom. The summed E-state index contributed by atoms with van der Waals surface area (Å²) in [4.78, 5) is 27.6. The lowest BCUT2D eigenvalue weighted by atomic mass is 10.2. The fourth-order valence-electron chi connectivity index (χ4n) is 1.95. The smallest absolute Gasteiger partial charge is 0.256 e. The monoisotopic (exact) mass is 299 g/mol. The average molecular weight is 299 g/mol. The van der Waals surface area contributed by atoms with Gasteiger partial charge in [0, 0.05) is 11.5 Å². The van der Waals surface area contributed by atoms with Crippen LogP contribution in [-0.4, -0.2) is 16.8 Å². The third kappa shape index (κ3) is 3.46. The molecule has 0 aliphatic heterocycles. The number of nitrogens with zero attached hydrogens (tertiary/aromatic N) is 1. The maximum absolute atomic E-state index is 13.1. The van der Waals surface area contributed by atoms with E-state index in [-0.39, 0.29) is 17.4 Å². The number of aromatic nitrogens is 1. The van der Waals surface area contributed by atoms with Crippen molar-refractivity contribution < 1.29 is 14.0 Å². The maximum atomic E-state index is 13.1. The van der Waals surface area contributed by atoms with E-state index in [9.17, 15) is 14.0 Å². The molecule has 0 atom stereocenters. The molecule has 6 heteroatoms. The summed E-state index contributed by atoms with van der Waals surface area (Å²) in [5, 5.41) is 5.33. The van der Waals surface area contributed by atoms with Crippen molar-refractivity contribution in [2.75, 3.05) is 10.6 Å². The Labute approximate surface area is 126 Å². The molecule has 0 bridgehead atoms. The lowest BCUT2D eigenvalue weighted by molar-refractivity contribution is -0.117. The molecule has 0 saturated heterocycles. The van der Waals surface area contributed by atoms with Gasteiger partial charge in [-0.1, -0.05) is 6.07 Å². The van der Waals surface area contributed by atoms with E-state index in [0.717, 1.165) is 18.9 Å². The Bertz CT molecular complexity index is 712. The summed E-state index contributed by atoms with van der Waals surface area (Å²) in [7, 11) is 0. The lowest BCUT2D eigenvalue weighted by Crippen LogP contribution is -2.15. The number of hydrogen-bond donors (Lipinski definition) is 2. The summed E-state index contributed by atoms with van der Waals surface area (Å²) in [5.41, 5.74) is 0.800. The van der Waals surface area contributed by atoms with Crippen LogP contribution in [0.5, 0.6) is 0 Å². The van der Waals surface area contributed by atoms with Crippen molar-refractivity contribution in [1.82, 2.24) is 4.98 Å². The molecule has 3 rings (SSSR count). The Morgan fingerprint density at radius 1 is 1.14 bits per heavy atom. The number of hydrogen-bond acceptors (Lipinski definition) is 3. The Hall–Kier alpha value is -2.76. The van der Waals surface area contributed by atoms with Crippen molar-refractivity contribution in [2.24, 2.45) is 5.92 Å². The predicted octanol–water partition coefficient (Wildman–Crippen LogP) is 2.82. The van der Waals surface area contributed by atoms with Gasteiger partial charge in [-0.3, -0.25) is 9.59 Å². The number of carbonyl (C=O) groups is 2. The van der Waals surface area contributed by atoms with Crippen LogP contribution in [0.1, 0.15) is 23.2 Å². The van der Waals surface area contributed by atoms with E-state index in [1.54, 1.807) is 12.1 Å². The fraction of sp³-hybridized carbons (Fsp3) is 0.188. The number of carbonyl (C=O) groups excluding carboxylic acids is 2. The zero-order valence-electron chi connectivity index (χ0n) is 11.7.